The Morgan fingerprint density at radius 1 is 0.903 bits per heavy atom. The number of hydrogen-bond acceptors (Lipinski definition) is 4. The minimum atomic E-state index is -0.557. The molecule has 4 N–H and O–H groups in total. The van der Waals surface area contributed by atoms with Crippen molar-refractivity contribution >= 4 is 17.5 Å². The summed E-state index contributed by atoms with van der Waals surface area (Å²) in [4.78, 5) is 30.3. The number of benzene rings is 2. The quantitative estimate of drug-likeness (QED) is 0.517. The van der Waals surface area contributed by atoms with Crippen LogP contribution < -0.4 is 16.4 Å². The Kier molecular flexibility index (Phi) is 10.8. The molecular weight excluding hydrogens is 388 g/mol. The van der Waals surface area contributed by atoms with E-state index < -0.39 is 6.04 Å². The number of nitrogens with two attached hydrogens (primary N) is 2. The lowest BCUT2D eigenvalue weighted by molar-refractivity contribution is -0.139. The number of anilines is 1. The van der Waals surface area contributed by atoms with Crippen LogP contribution in [0.1, 0.15) is 38.2 Å². The molecular formula is C25H36N4O2. The molecule has 0 radical (unpaired) electrons. The van der Waals surface area contributed by atoms with Gasteiger partial charge in [-0.05, 0) is 49.9 Å². The number of hydrogen-bond donors (Lipinski definition) is 2. The second kappa shape index (κ2) is 13.6. The molecule has 2 amide bonds. The van der Waals surface area contributed by atoms with Gasteiger partial charge in [0.25, 0.3) is 0 Å². The SMILES string of the molecule is CCCN(C(=O)C(CCCN)N(CCc1ccccc1)C(=O)CCN)c1ccccc1. The molecule has 1 unspecified atom stereocenters. The van der Waals surface area contributed by atoms with E-state index in [-0.39, 0.29) is 24.8 Å². The van der Waals surface area contributed by atoms with Crippen molar-refractivity contribution < 1.29 is 9.59 Å². The summed E-state index contributed by atoms with van der Waals surface area (Å²) in [6.07, 6.45) is 2.93. The van der Waals surface area contributed by atoms with Gasteiger partial charge >= 0.3 is 0 Å². The van der Waals surface area contributed by atoms with Crippen molar-refractivity contribution in [2.45, 2.75) is 45.1 Å². The molecule has 0 heterocycles. The molecule has 0 aliphatic carbocycles. The van der Waals surface area contributed by atoms with Crippen molar-refractivity contribution in [2.75, 3.05) is 31.1 Å². The molecule has 31 heavy (non-hydrogen) atoms. The number of carbonyl (C=O) groups excluding carboxylic acids is 2. The van der Waals surface area contributed by atoms with Crippen LogP contribution in [-0.2, 0) is 16.0 Å². The van der Waals surface area contributed by atoms with Crippen LogP contribution in [0.4, 0.5) is 5.69 Å². The van der Waals surface area contributed by atoms with E-state index in [0.29, 0.717) is 38.9 Å². The first-order valence-electron chi connectivity index (χ1n) is 11.2. The van der Waals surface area contributed by atoms with Gasteiger partial charge < -0.3 is 21.3 Å². The van der Waals surface area contributed by atoms with E-state index in [2.05, 4.69) is 0 Å². The Balaban J connectivity index is 2.33. The second-order valence-corrected chi connectivity index (χ2v) is 7.63. The Hall–Kier alpha value is -2.70. The highest BCUT2D eigenvalue weighted by Crippen LogP contribution is 2.20. The molecule has 0 aliphatic rings. The van der Waals surface area contributed by atoms with Crippen molar-refractivity contribution in [1.29, 1.82) is 0 Å². The summed E-state index contributed by atoms with van der Waals surface area (Å²) in [7, 11) is 0. The van der Waals surface area contributed by atoms with Gasteiger partial charge in [0.1, 0.15) is 6.04 Å². The molecule has 0 bridgehead atoms. The first-order chi connectivity index (χ1) is 15.1. The van der Waals surface area contributed by atoms with Gasteiger partial charge in [-0.15, -0.1) is 0 Å². The molecule has 1 atom stereocenters. The molecule has 0 fully saturated rings. The van der Waals surface area contributed by atoms with Crippen LogP contribution in [0.2, 0.25) is 0 Å². The second-order valence-electron chi connectivity index (χ2n) is 7.63. The van der Waals surface area contributed by atoms with Crippen molar-refractivity contribution in [3.63, 3.8) is 0 Å². The number of rotatable bonds is 13. The van der Waals surface area contributed by atoms with Crippen LogP contribution in [0.25, 0.3) is 0 Å². The van der Waals surface area contributed by atoms with Gasteiger partial charge in [0.05, 0.1) is 0 Å². The lowest BCUT2D eigenvalue weighted by Gasteiger charge is -2.35. The third kappa shape index (κ3) is 7.49. The van der Waals surface area contributed by atoms with Crippen molar-refractivity contribution in [1.82, 2.24) is 4.90 Å². The normalized spacial score (nSPS) is 11.7. The predicted molar refractivity (Wildman–Crippen MR) is 127 cm³/mol. The Bertz CT molecular complexity index is 783. The number of nitrogens with zero attached hydrogens (tertiary/aromatic N) is 2. The zero-order valence-electron chi connectivity index (χ0n) is 18.6. The number of carbonyl (C=O) groups is 2. The summed E-state index contributed by atoms with van der Waals surface area (Å²) in [5, 5.41) is 0. The fraction of sp³-hybridized carbons (Fsp3) is 0.440. The predicted octanol–water partition coefficient (Wildman–Crippen LogP) is 2.96. The highest BCUT2D eigenvalue weighted by atomic mass is 16.2. The zero-order chi connectivity index (χ0) is 22.5. The molecule has 0 aliphatic heterocycles. The summed E-state index contributed by atoms with van der Waals surface area (Å²) in [6.45, 7) is 3.85. The average Bonchev–Trinajstić information content (AvgIpc) is 2.80. The van der Waals surface area contributed by atoms with Gasteiger partial charge in [0, 0.05) is 31.7 Å². The molecule has 168 valence electrons. The summed E-state index contributed by atoms with van der Waals surface area (Å²) in [6, 6.07) is 19.1. The van der Waals surface area contributed by atoms with Crippen molar-refractivity contribution in [3.8, 4) is 0 Å². The zero-order valence-corrected chi connectivity index (χ0v) is 18.6. The van der Waals surface area contributed by atoms with Gasteiger partial charge in [-0.1, -0.05) is 55.5 Å². The van der Waals surface area contributed by atoms with E-state index in [1.54, 1.807) is 9.80 Å². The minimum absolute atomic E-state index is 0.0556. The summed E-state index contributed by atoms with van der Waals surface area (Å²) < 4.78 is 0. The van der Waals surface area contributed by atoms with Gasteiger partial charge in [-0.25, -0.2) is 0 Å². The van der Waals surface area contributed by atoms with E-state index in [0.717, 1.165) is 17.7 Å². The van der Waals surface area contributed by atoms with Crippen LogP contribution in [0.3, 0.4) is 0 Å². The highest BCUT2D eigenvalue weighted by Gasteiger charge is 2.32. The van der Waals surface area contributed by atoms with E-state index in [4.69, 9.17) is 11.5 Å². The first kappa shape index (κ1) is 24.6. The fourth-order valence-electron chi connectivity index (χ4n) is 3.72. The van der Waals surface area contributed by atoms with Gasteiger partial charge in [-0.2, -0.15) is 0 Å². The number of amides is 2. The van der Waals surface area contributed by atoms with E-state index in [1.807, 2.05) is 67.6 Å². The van der Waals surface area contributed by atoms with E-state index in [1.165, 1.54) is 0 Å². The average molecular weight is 425 g/mol. The maximum Gasteiger partial charge on any atom is 0.249 e. The molecule has 0 saturated heterocycles. The summed E-state index contributed by atoms with van der Waals surface area (Å²) in [5.74, 6) is -0.141. The van der Waals surface area contributed by atoms with Crippen molar-refractivity contribution in [3.05, 3.63) is 66.2 Å². The molecule has 6 nitrogen and oxygen atoms in total. The highest BCUT2D eigenvalue weighted by molar-refractivity contribution is 5.99. The lowest BCUT2D eigenvalue weighted by atomic mass is 10.0. The summed E-state index contributed by atoms with van der Waals surface area (Å²) >= 11 is 0. The van der Waals surface area contributed by atoms with Crippen LogP contribution in [0.5, 0.6) is 0 Å². The third-order valence-corrected chi connectivity index (χ3v) is 5.29. The molecule has 0 spiro atoms. The van der Waals surface area contributed by atoms with E-state index in [9.17, 15) is 9.59 Å². The first-order valence-corrected chi connectivity index (χ1v) is 11.2. The Labute approximate surface area is 186 Å². The Morgan fingerprint density at radius 2 is 1.55 bits per heavy atom. The molecule has 0 saturated carbocycles. The van der Waals surface area contributed by atoms with Crippen LogP contribution >= 0.6 is 0 Å². The smallest absolute Gasteiger partial charge is 0.249 e. The van der Waals surface area contributed by atoms with Crippen LogP contribution in [0, 0.1) is 0 Å². The van der Waals surface area contributed by atoms with Crippen molar-refractivity contribution in [2.24, 2.45) is 11.5 Å². The number of para-hydroxylation sites is 1. The molecule has 6 heteroatoms. The lowest BCUT2D eigenvalue weighted by Crippen LogP contribution is -2.52. The largest absolute Gasteiger partial charge is 0.330 e. The third-order valence-electron chi connectivity index (χ3n) is 5.29. The monoisotopic (exact) mass is 424 g/mol. The maximum atomic E-state index is 13.8. The summed E-state index contributed by atoms with van der Waals surface area (Å²) in [5.41, 5.74) is 13.4. The van der Waals surface area contributed by atoms with Gasteiger partial charge in [-0.3, -0.25) is 9.59 Å². The van der Waals surface area contributed by atoms with Crippen LogP contribution in [0.15, 0.2) is 60.7 Å². The van der Waals surface area contributed by atoms with Gasteiger partial charge in [0.15, 0.2) is 0 Å². The molecule has 0 aromatic heterocycles. The minimum Gasteiger partial charge on any atom is -0.330 e. The standard InChI is InChI=1S/C25H36N4O2/c1-2-19-28(22-12-7-4-8-13-22)25(31)23(14-9-17-26)29(24(30)15-18-27)20-16-21-10-5-3-6-11-21/h3-8,10-13,23H,2,9,14-20,26-27H2,1H3. The molecule has 2 aromatic rings. The van der Waals surface area contributed by atoms with Gasteiger partial charge in [0.2, 0.25) is 11.8 Å². The maximum absolute atomic E-state index is 13.8. The topological polar surface area (TPSA) is 92.7 Å². The van der Waals surface area contributed by atoms with E-state index >= 15 is 0 Å². The van der Waals surface area contributed by atoms with Crippen LogP contribution in [-0.4, -0.2) is 48.9 Å². The molecule has 2 aromatic carbocycles. The molecule has 2 rings (SSSR count). The Morgan fingerprint density at radius 3 is 2.13 bits per heavy atom. The fourth-order valence-corrected chi connectivity index (χ4v) is 3.72.